The molecule has 5 rings (SSSR count). The van der Waals surface area contributed by atoms with Crippen molar-refractivity contribution in [3.8, 4) is 22.9 Å². The lowest BCUT2D eigenvalue weighted by molar-refractivity contribution is -0.154. The van der Waals surface area contributed by atoms with E-state index in [1.54, 1.807) is 24.3 Å². The second-order valence-electron chi connectivity index (χ2n) is 10.9. The number of nitrogens with zero attached hydrogens (tertiary/aromatic N) is 1. The Balaban J connectivity index is 1.52. The number of nitrogens with one attached hydrogen (secondary N) is 2. The molecule has 0 saturated heterocycles. The zero-order valence-corrected chi connectivity index (χ0v) is 26.5. The second-order valence-corrected chi connectivity index (χ2v) is 12.6. The van der Waals surface area contributed by atoms with E-state index in [0.717, 1.165) is 10.8 Å². The van der Waals surface area contributed by atoms with E-state index in [4.69, 9.17) is 14.2 Å². The predicted octanol–water partition coefficient (Wildman–Crippen LogP) is 5.86. The van der Waals surface area contributed by atoms with Crippen LogP contribution in [0.3, 0.4) is 0 Å². The molecule has 49 heavy (non-hydrogen) atoms. The number of para-hydroxylation sites is 1. The Morgan fingerprint density at radius 3 is 2.24 bits per heavy atom. The smallest absolute Gasteiger partial charge is 0.422 e. The first-order valence-electron chi connectivity index (χ1n) is 14.3. The summed E-state index contributed by atoms with van der Waals surface area (Å²) in [7, 11) is -2.79. The van der Waals surface area contributed by atoms with Gasteiger partial charge in [0.1, 0.15) is 11.5 Å². The highest BCUT2D eigenvalue weighted by atomic mass is 32.2. The molecule has 0 radical (unpaired) electrons. The number of benzene rings is 3. The van der Waals surface area contributed by atoms with Crippen molar-refractivity contribution in [3.63, 3.8) is 0 Å². The monoisotopic (exact) mass is 711 g/mol. The van der Waals surface area contributed by atoms with E-state index in [0.29, 0.717) is 16.9 Å². The second kappa shape index (κ2) is 13.4. The fraction of sp³-hybridized carbons (Fsp3) is 0.250. The van der Waals surface area contributed by atoms with Crippen LogP contribution in [0.25, 0.3) is 27.4 Å². The van der Waals surface area contributed by atoms with Crippen LogP contribution in [-0.4, -0.2) is 56.6 Å². The number of amides is 1. The van der Waals surface area contributed by atoms with Crippen molar-refractivity contribution in [1.29, 1.82) is 0 Å². The highest BCUT2D eigenvalue weighted by Crippen LogP contribution is 2.42. The third kappa shape index (κ3) is 8.10. The molecule has 0 aliphatic rings. The minimum absolute atomic E-state index is 0.128. The van der Waals surface area contributed by atoms with Gasteiger partial charge < -0.3 is 19.2 Å². The fourth-order valence-electron chi connectivity index (χ4n) is 5.31. The highest BCUT2D eigenvalue weighted by molar-refractivity contribution is 7.89. The molecule has 0 aliphatic carbocycles. The number of halogens is 6. The number of H-pyrrole nitrogens is 1. The molecule has 2 aromatic heterocycles. The van der Waals surface area contributed by atoms with Crippen LogP contribution >= 0.6 is 0 Å². The molecule has 17 heteroatoms. The van der Waals surface area contributed by atoms with E-state index < -0.39 is 69.7 Å². The Morgan fingerprint density at radius 1 is 0.918 bits per heavy atom. The topological polar surface area (TPSA) is 129 Å². The fourth-order valence-corrected chi connectivity index (χ4v) is 6.42. The average Bonchev–Trinajstić information content (AvgIpc) is 3.33. The number of hydrogen-bond donors (Lipinski definition) is 2. The van der Waals surface area contributed by atoms with E-state index in [1.165, 1.54) is 50.6 Å². The van der Waals surface area contributed by atoms with Crippen LogP contribution in [0.1, 0.15) is 16.7 Å². The zero-order chi connectivity index (χ0) is 35.7. The van der Waals surface area contributed by atoms with Gasteiger partial charge in [0, 0.05) is 23.3 Å². The normalized spacial score (nSPS) is 12.3. The van der Waals surface area contributed by atoms with E-state index in [2.05, 4.69) is 4.98 Å². The number of rotatable bonds is 11. The number of fused-ring (bicyclic) bond motifs is 2. The molecule has 0 spiro atoms. The maximum Gasteiger partial charge on any atom is 0.422 e. The first-order chi connectivity index (χ1) is 23.0. The van der Waals surface area contributed by atoms with Crippen LogP contribution in [0.4, 0.5) is 26.3 Å². The van der Waals surface area contributed by atoms with Crippen LogP contribution in [0, 0.1) is 6.92 Å². The van der Waals surface area contributed by atoms with Crippen LogP contribution < -0.4 is 24.5 Å². The number of ether oxygens (including phenoxy) is 3. The first-order valence-corrected chi connectivity index (χ1v) is 15.9. The van der Waals surface area contributed by atoms with Gasteiger partial charge in [0.15, 0.2) is 19.0 Å². The molecule has 10 nitrogen and oxygen atoms in total. The number of methoxy groups -OCH3 is 1. The minimum Gasteiger partial charge on any atom is -0.496 e. The number of sulfonamides is 1. The quantitative estimate of drug-likeness (QED) is 0.164. The lowest BCUT2D eigenvalue weighted by Gasteiger charge is -2.16. The molecule has 0 bridgehead atoms. The summed E-state index contributed by atoms with van der Waals surface area (Å²) in [6.07, 6.45) is -7.45. The van der Waals surface area contributed by atoms with Crippen molar-refractivity contribution < 1.29 is 53.8 Å². The molecule has 0 aliphatic heterocycles. The SMILES string of the molecule is COc1ccccc1CC(=O)NS(=O)(=O)Cc1ccc(-n2cc3c(OCC(F)(F)F)c4[nH]cccc4c(OCC(F)(F)F)c3c2=O)c(C)c1. The van der Waals surface area contributed by atoms with E-state index in [-0.39, 0.29) is 34.0 Å². The molecule has 0 atom stereocenters. The Bertz CT molecular complexity index is 2210. The summed E-state index contributed by atoms with van der Waals surface area (Å²) in [5, 5.41) is -0.848. The average molecular weight is 712 g/mol. The number of alkyl halides is 6. The number of hydrogen-bond acceptors (Lipinski definition) is 7. The number of carbonyl (C=O) groups is 1. The molecule has 3 aromatic carbocycles. The summed E-state index contributed by atoms with van der Waals surface area (Å²) in [4.78, 5) is 29.0. The Morgan fingerprint density at radius 2 is 1.59 bits per heavy atom. The van der Waals surface area contributed by atoms with Crippen molar-refractivity contribution in [1.82, 2.24) is 14.3 Å². The first kappa shape index (κ1) is 35.1. The number of aryl methyl sites for hydroxylation is 1. The largest absolute Gasteiger partial charge is 0.496 e. The number of pyridine rings is 1. The number of aromatic amines is 1. The standard InChI is InChI=1S/C32H27F6N3O7S/c1-18-12-19(15-49(44,45)40-25(42)13-20-6-3-4-8-24(20)46-2)9-10-23(18)41-14-22-26(30(41)43)28(47-16-31(33,34)35)21-7-5-11-39-27(21)29(22)48-17-32(36,37)38/h3-12,14,39H,13,15-17H2,1-2H3,(H,40,42). The minimum atomic E-state index is -4.81. The molecule has 0 unspecified atom stereocenters. The van der Waals surface area contributed by atoms with E-state index in [9.17, 15) is 44.3 Å². The van der Waals surface area contributed by atoms with Gasteiger partial charge in [-0.25, -0.2) is 8.42 Å². The number of carbonyl (C=O) groups excluding carboxylic acids is 1. The van der Waals surface area contributed by atoms with Crippen molar-refractivity contribution in [3.05, 3.63) is 94.0 Å². The van der Waals surface area contributed by atoms with Gasteiger partial charge in [0.05, 0.1) is 41.3 Å². The molecule has 2 heterocycles. The Kier molecular flexibility index (Phi) is 9.59. The summed E-state index contributed by atoms with van der Waals surface area (Å²) in [6.45, 7) is -2.04. The molecule has 1 amide bonds. The highest BCUT2D eigenvalue weighted by Gasteiger charge is 2.33. The van der Waals surface area contributed by atoms with Gasteiger partial charge in [0.2, 0.25) is 15.9 Å². The summed E-state index contributed by atoms with van der Waals surface area (Å²) < 4.78 is 123. The Hall–Kier alpha value is -5.19. The summed E-state index contributed by atoms with van der Waals surface area (Å²) >= 11 is 0. The van der Waals surface area contributed by atoms with Gasteiger partial charge in [-0.1, -0.05) is 30.3 Å². The van der Waals surface area contributed by atoms with Gasteiger partial charge in [-0.05, 0) is 42.3 Å². The predicted molar refractivity (Wildman–Crippen MR) is 167 cm³/mol. The van der Waals surface area contributed by atoms with E-state index >= 15 is 0 Å². The third-order valence-electron chi connectivity index (χ3n) is 7.21. The summed E-state index contributed by atoms with van der Waals surface area (Å²) in [5.41, 5.74) is 0.0681. The Labute approximate surface area is 274 Å². The molecule has 5 aromatic rings. The van der Waals surface area contributed by atoms with Gasteiger partial charge in [-0.15, -0.1) is 0 Å². The van der Waals surface area contributed by atoms with E-state index in [1.807, 2.05) is 4.72 Å². The third-order valence-corrected chi connectivity index (χ3v) is 8.46. The van der Waals surface area contributed by atoms with Crippen molar-refractivity contribution >= 4 is 37.6 Å². The summed E-state index contributed by atoms with van der Waals surface area (Å²) in [5.74, 6) is -1.99. The maximum absolute atomic E-state index is 13.8. The van der Waals surface area contributed by atoms with Gasteiger partial charge in [-0.2, -0.15) is 26.3 Å². The molecule has 0 fully saturated rings. The van der Waals surface area contributed by atoms with Crippen molar-refractivity contribution in [2.24, 2.45) is 0 Å². The molecule has 260 valence electrons. The van der Waals surface area contributed by atoms with Crippen molar-refractivity contribution in [2.45, 2.75) is 31.5 Å². The van der Waals surface area contributed by atoms with Crippen LogP contribution in [0.2, 0.25) is 0 Å². The molecule has 0 saturated carbocycles. The van der Waals surface area contributed by atoms with Crippen molar-refractivity contribution in [2.75, 3.05) is 20.3 Å². The zero-order valence-electron chi connectivity index (χ0n) is 25.7. The molecule has 2 N–H and O–H groups in total. The van der Waals surface area contributed by atoms with Gasteiger partial charge in [-0.3, -0.25) is 18.9 Å². The molecular formula is C32H27F6N3O7S. The molecular weight excluding hydrogens is 684 g/mol. The maximum atomic E-state index is 13.8. The van der Waals surface area contributed by atoms with Crippen LogP contribution in [-0.2, 0) is 27.0 Å². The lowest BCUT2D eigenvalue weighted by atomic mass is 10.1. The number of aromatic nitrogens is 2. The van der Waals surface area contributed by atoms with Gasteiger partial charge >= 0.3 is 12.4 Å². The summed E-state index contributed by atoms with van der Waals surface area (Å²) in [6, 6.07) is 13.3. The van der Waals surface area contributed by atoms with Crippen LogP contribution in [0.5, 0.6) is 17.2 Å². The van der Waals surface area contributed by atoms with Gasteiger partial charge in [0.25, 0.3) is 5.56 Å². The lowest BCUT2D eigenvalue weighted by Crippen LogP contribution is -2.32. The van der Waals surface area contributed by atoms with Crippen LogP contribution in [0.15, 0.2) is 71.8 Å².